The number of hydrogen-bond acceptors (Lipinski definition) is 2. The topological polar surface area (TPSA) is 67.2 Å². The molecule has 1 fully saturated rings. The van der Waals surface area contributed by atoms with Gasteiger partial charge in [0.1, 0.15) is 0 Å². The molecule has 1 saturated carbocycles. The van der Waals surface area contributed by atoms with Gasteiger partial charge in [-0.2, -0.15) is 0 Å². The van der Waals surface area contributed by atoms with Crippen LogP contribution in [0.4, 0.5) is 4.79 Å². The SMILES string of the molecule is CC(C)(C)NC(=O)NC1CCC(CN)C1. The van der Waals surface area contributed by atoms with Gasteiger partial charge in [0, 0.05) is 11.6 Å². The van der Waals surface area contributed by atoms with Crippen molar-refractivity contribution in [3.8, 4) is 0 Å². The maximum absolute atomic E-state index is 11.6. The Balaban J connectivity index is 2.28. The molecule has 0 aromatic carbocycles. The predicted molar refractivity (Wildman–Crippen MR) is 61.6 cm³/mol. The van der Waals surface area contributed by atoms with Crippen molar-refractivity contribution in [1.29, 1.82) is 0 Å². The molecule has 88 valence electrons. The normalized spacial score (nSPS) is 26.4. The third-order valence-electron chi connectivity index (χ3n) is 2.70. The van der Waals surface area contributed by atoms with E-state index in [2.05, 4.69) is 10.6 Å². The lowest BCUT2D eigenvalue weighted by molar-refractivity contribution is 0.228. The molecular formula is C11H23N3O. The van der Waals surface area contributed by atoms with Crippen LogP contribution in [0.3, 0.4) is 0 Å². The van der Waals surface area contributed by atoms with E-state index in [4.69, 9.17) is 5.73 Å². The van der Waals surface area contributed by atoms with E-state index < -0.39 is 0 Å². The van der Waals surface area contributed by atoms with E-state index in [0.717, 1.165) is 25.8 Å². The quantitative estimate of drug-likeness (QED) is 0.645. The first-order valence-corrected chi connectivity index (χ1v) is 5.69. The Bertz CT molecular complexity index is 222. The molecule has 0 saturated heterocycles. The Hall–Kier alpha value is -0.770. The highest BCUT2D eigenvalue weighted by molar-refractivity contribution is 5.75. The molecule has 0 aliphatic heterocycles. The van der Waals surface area contributed by atoms with Crippen LogP contribution < -0.4 is 16.4 Å². The van der Waals surface area contributed by atoms with Crippen molar-refractivity contribution in [1.82, 2.24) is 10.6 Å². The zero-order valence-electron chi connectivity index (χ0n) is 9.97. The Kier molecular flexibility index (Phi) is 3.97. The molecule has 2 unspecified atom stereocenters. The zero-order chi connectivity index (χ0) is 11.5. The van der Waals surface area contributed by atoms with Crippen LogP contribution >= 0.6 is 0 Å². The summed E-state index contributed by atoms with van der Waals surface area (Å²) in [6.07, 6.45) is 3.21. The zero-order valence-corrected chi connectivity index (χ0v) is 9.97. The van der Waals surface area contributed by atoms with Gasteiger partial charge in [0.25, 0.3) is 0 Å². The summed E-state index contributed by atoms with van der Waals surface area (Å²) in [5.74, 6) is 0.588. The molecule has 4 N–H and O–H groups in total. The summed E-state index contributed by atoms with van der Waals surface area (Å²) in [7, 11) is 0. The molecule has 0 heterocycles. The molecule has 0 spiro atoms. The van der Waals surface area contributed by atoms with Crippen molar-refractivity contribution < 1.29 is 4.79 Å². The van der Waals surface area contributed by atoms with E-state index in [0.29, 0.717) is 12.0 Å². The van der Waals surface area contributed by atoms with Crippen molar-refractivity contribution in [2.24, 2.45) is 11.7 Å². The Morgan fingerprint density at radius 2 is 2.07 bits per heavy atom. The van der Waals surface area contributed by atoms with Crippen LogP contribution in [0.1, 0.15) is 40.0 Å². The molecule has 1 aliphatic rings. The van der Waals surface area contributed by atoms with Crippen LogP contribution in [0, 0.1) is 5.92 Å². The largest absolute Gasteiger partial charge is 0.335 e. The summed E-state index contributed by atoms with van der Waals surface area (Å²) in [5, 5.41) is 5.89. The van der Waals surface area contributed by atoms with Crippen LogP contribution in [-0.2, 0) is 0 Å². The minimum Gasteiger partial charge on any atom is -0.335 e. The second-order valence-electron chi connectivity index (χ2n) is 5.46. The maximum atomic E-state index is 11.6. The second-order valence-corrected chi connectivity index (χ2v) is 5.46. The molecule has 0 radical (unpaired) electrons. The van der Waals surface area contributed by atoms with Crippen LogP contribution in [0.5, 0.6) is 0 Å². The average Bonchev–Trinajstić information content (AvgIpc) is 2.48. The van der Waals surface area contributed by atoms with Crippen LogP contribution in [0.2, 0.25) is 0 Å². The van der Waals surface area contributed by atoms with Crippen LogP contribution in [0.15, 0.2) is 0 Å². The average molecular weight is 213 g/mol. The van der Waals surface area contributed by atoms with E-state index in [1.165, 1.54) is 0 Å². The number of nitrogens with two attached hydrogens (primary N) is 1. The molecule has 1 aliphatic carbocycles. The maximum Gasteiger partial charge on any atom is 0.315 e. The number of hydrogen-bond donors (Lipinski definition) is 3. The Morgan fingerprint density at radius 1 is 1.40 bits per heavy atom. The van der Waals surface area contributed by atoms with Gasteiger partial charge in [0.05, 0.1) is 0 Å². The Morgan fingerprint density at radius 3 is 2.53 bits per heavy atom. The van der Waals surface area contributed by atoms with Crippen molar-refractivity contribution >= 4 is 6.03 Å². The lowest BCUT2D eigenvalue weighted by atomic mass is 10.1. The number of nitrogens with one attached hydrogen (secondary N) is 2. The number of amides is 2. The molecule has 4 nitrogen and oxygen atoms in total. The third-order valence-corrected chi connectivity index (χ3v) is 2.70. The highest BCUT2D eigenvalue weighted by Crippen LogP contribution is 2.24. The molecule has 2 amide bonds. The van der Waals surface area contributed by atoms with Crippen LogP contribution in [0.25, 0.3) is 0 Å². The van der Waals surface area contributed by atoms with Gasteiger partial charge in [0.2, 0.25) is 0 Å². The first kappa shape index (κ1) is 12.3. The molecule has 0 aromatic heterocycles. The number of carbonyl (C=O) groups excluding carboxylic acids is 1. The summed E-state index contributed by atoms with van der Waals surface area (Å²) in [5.41, 5.74) is 5.43. The van der Waals surface area contributed by atoms with E-state index in [1.54, 1.807) is 0 Å². The first-order valence-electron chi connectivity index (χ1n) is 5.69. The van der Waals surface area contributed by atoms with Crippen molar-refractivity contribution in [2.45, 2.75) is 51.6 Å². The molecule has 0 aromatic rings. The monoisotopic (exact) mass is 213 g/mol. The van der Waals surface area contributed by atoms with Gasteiger partial charge in [-0.1, -0.05) is 0 Å². The van der Waals surface area contributed by atoms with E-state index in [1.807, 2.05) is 20.8 Å². The molecular weight excluding hydrogens is 190 g/mol. The summed E-state index contributed by atoms with van der Waals surface area (Å²) < 4.78 is 0. The molecule has 1 rings (SSSR count). The van der Waals surface area contributed by atoms with Gasteiger partial charge in [0.15, 0.2) is 0 Å². The van der Waals surface area contributed by atoms with E-state index in [-0.39, 0.29) is 11.6 Å². The summed E-state index contributed by atoms with van der Waals surface area (Å²) in [4.78, 5) is 11.6. The van der Waals surface area contributed by atoms with Crippen molar-refractivity contribution in [2.75, 3.05) is 6.54 Å². The number of carbonyl (C=O) groups is 1. The third kappa shape index (κ3) is 4.51. The minimum absolute atomic E-state index is 0.0647. The fourth-order valence-corrected chi connectivity index (χ4v) is 1.98. The molecule has 0 bridgehead atoms. The summed E-state index contributed by atoms with van der Waals surface area (Å²) >= 11 is 0. The van der Waals surface area contributed by atoms with Gasteiger partial charge in [-0.25, -0.2) is 4.79 Å². The number of urea groups is 1. The van der Waals surface area contributed by atoms with Gasteiger partial charge in [-0.3, -0.25) is 0 Å². The van der Waals surface area contributed by atoms with Gasteiger partial charge >= 0.3 is 6.03 Å². The lowest BCUT2D eigenvalue weighted by Gasteiger charge is -2.22. The molecule has 2 atom stereocenters. The second kappa shape index (κ2) is 4.84. The first-order chi connectivity index (χ1) is 6.90. The standard InChI is InChI=1S/C11H23N3O/c1-11(2,3)14-10(15)13-9-5-4-8(6-9)7-12/h8-9H,4-7,12H2,1-3H3,(H2,13,14,15). The molecule has 15 heavy (non-hydrogen) atoms. The predicted octanol–water partition coefficient (Wildman–Crippen LogP) is 1.21. The Labute approximate surface area is 92.0 Å². The van der Waals surface area contributed by atoms with E-state index in [9.17, 15) is 4.79 Å². The fraction of sp³-hybridized carbons (Fsp3) is 0.909. The van der Waals surface area contributed by atoms with Gasteiger partial charge < -0.3 is 16.4 Å². The lowest BCUT2D eigenvalue weighted by Crippen LogP contribution is -2.49. The summed E-state index contributed by atoms with van der Waals surface area (Å²) in [6, 6.07) is 0.242. The van der Waals surface area contributed by atoms with Gasteiger partial charge in [-0.15, -0.1) is 0 Å². The van der Waals surface area contributed by atoms with Crippen molar-refractivity contribution in [3.63, 3.8) is 0 Å². The van der Waals surface area contributed by atoms with E-state index >= 15 is 0 Å². The summed E-state index contributed by atoms with van der Waals surface area (Å²) in [6.45, 7) is 6.66. The fourth-order valence-electron chi connectivity index (χ4n) is 1.98. The highest BCUT2D eigenvalue weighted by Gasteiger charge is 2.25. The van der Waals surface area contributed by atoms with Gasteiger partial charge in [-0.05, 0) is 52.5 Å². The number of rotatable bonds is 2. The van der Waals surface area contributed by atoms with Crippen LogP contribution in [-0.4, -0.2) is 24.2 Å². The van der Waals surface area contributed by atoms with Crippen molar-refractivity contribution in [3.05, 3.63) is 0 Å². The molecule has 4 heteroatoms. The minimum atomic E-state index is -0.171. The highest BCUT2D eigenvalue weighted by atomic mass is 16.2. The smallest absolute Gasteiger partial charge is 0.315 e.